The number of ether oxygens (including phenoxy) is 1. The second-order valence-electron chi connectivity index (χ2n) is 6.29. The fourth-order valence-electron chi connectivity index (χ4n) is 3.13. The summed E-state index contributed by atoms with van der Waals surface area (Å²) < 4.78 is 5.76. The molecule has 0 bridgehead atoms. The van der Waals surface area contributed by atoms with Crippen molar-refractivity contribution in [2.24, 2.45) is 0 Å². The molecular formula is C20H27N3O. The van der Waals surface area contributed by atoms with Crippen molar-refractivity contribution < 1.29 is 4.74 Å². The van der Waals surface area contributed by atoms with E-state index < -0.39 is 0 Å². The Morgan fingerprint density at radius 3 is 2.42 bits per heavy atom. The lowest BCUT2D eigenvalue weighted by molar-refractivity contribution is 0.250. The summed E-state index contributed by atoms with van der Waals surface area (Å²) in [7, 11) is 0. The molecule has 3 rings (SSSR count). The number of hydrogen-bond acceptors (Lipinski definition) is 4. The van der Waals surface area contributed by atoms with E-state index in [4.69, 9.17) is 10.5 Å². The Morgan fingerprint density at radius 2 is 1.71 bits per heavy atom. The average molecular weight is 325 g/mol. The van der Waals surface area contributed by atoms with Gasteiger partial charge in [-0.2, -0.15) is 0 Å². The normalized spacial score (nSPS) is 15.5. The molecule has 0 radical (unpaired) electrons. The van der Waals surface area contributed by atoms with E-state index in [1.54, 1.807) is 0 Å². The van der Waals surface area contributed by atoms with E-state index in [2.05, 4.69) is 53.1 Å². The number of benzene rings is 2. The van der Waals surface area contributed by atoms with Crippen molar-refractivity contribution in [1.29, 1.82) is 0 Å². The largest absolute Gasteiger partial charge is 0.491 e. The topological polar surface area (TPSA) is 41.7 Å². The van der Waals surface area contributed by atoms with Crippen molar-refractivity contribution in [3.8, 4) is 5.75 Å². The molecule has 128 valence electrons. The number of para-hydroxylation sites is 1. The van der Waals surface area contributed by atoms with Gasteiger partial charge in [-0.05, 0) is 24.1 Å². The molecule has 0 spiro atoms. The molecule has 0 saturated carbocycles. The van der Waals surface area contributed by atoms with Crippen molar-refractivity contribution in [3.63, 3.8) is 0 Å². The van der Waals surface area contributed by atoms with Crippen LogP contribution in [0.3, 0.4) is 0 Å². The van der Waals surface area contributed by atoms with Crippen molar-refractivity contribution in [2.75, 3.05) is 43.4 Å². The lowest BCUT2D eigenvalue weighted by Crippen LogP contribution is -2.46. The van der Waals surface area contributed by atoms with Crippen LogP contribution >= 0.6 is 0 Å². The van der Waals surface area contributed by atoms with Gasteiger partial charge in [-0.3, -0.25) is 4.90 Å². The third-order valence-corrected chi connectivity index (χ3v) is 4.47. The Kier molecular flexibility index (Phi) is 5.59. The molecule has 4 nitrogen and oxygen atoms in total. The summed E-state index contributed by atoms with van der Waals surface area (Å²) in [5.41, 5.74) is 9.57. The summed E-state index contributed by atoms with van der Waals surface area (Å²) in [5, 5.41) is 0. The fraction of sp³-hybridized carbons (Fsp3) is 0.400. The summed E-state index contributed by atoms with van der Waals surface area (Å²) >= 11 is 0. The van der Waals surface area contributed by atoms with E-state index in [0.29, 0.717) is 6.61 Å². The third kappa shape index (κ3) is 4.01. The first-order valence-corrected chi connectivity index (χ1v) is 8.80. The van der Waals surface area contributed by atoms with Crippen molar-refractivity contribution in [1.82, 2.24) is 4.90 Å². The van der Waals surface area contributed by atoms with E-state index in [1.807, 2.05) is 12.1 Å². The number of anilines is 2. The van der Waals surface area contributed by atoms with Crippen LogP contribution in [0.25, 0.3) is 0 Å². The lowest BCUT2D eigenvalue weighted by Gasteiger charge is -2.36. The molecule has 2 aromatic carbocycles. The van der Waals surface area contributed by atoms with Gasteiger partial charge in [-0.25, -0.2) is 0 Å². The Labute approximate surface area is 144 Å². The minimum Gasteiger partial charge on any atom is -0.491 e. The van der Waals surface area contributed by atoms with E-state index in [-0.39, 0.29) is 0 Å². The summed E-state index contributed by atoms with van der Waals surface area (Å²) in [6, 6.07) is 16.8. The van der Waals surface area contributed by atoms with Crippen LogP contribution in [0.5, 0.6) is 5.75 Å². The molecule has 2 aromatic rings. The summed E-state index contributed by atoms with van der Waals surface area (Å²) in [6.07, 6.45) is 0.988. The fourth-order valence-corrected chi connectivity index (χ4v) is 3.13. The first kappa shape index (κ1) is 16.7. The molecule has 1 saturated heterocycles. The van der Waals surface area contributed by atoms with Crippen LogP contribution in [0.2, 0.25) is 0 Å². The highest BCUT2D eigenvalue weighted by Gasteiger charge is 2.20. The van der Waals surface area contributed by atoms with Crippen LogP contribution in [-0.4, -0.2) is 37.7 Å². The maximum Gasteiger partial charge on any atom is 0.144 e. The zero-order valence-corrected chi connectivity index (χ0v) is 14.4. The van der Waals surface area contributed by atoms with Gasteiger partial charge in [0, 0.05) is 32.7 Å². The summed E-state index contributed by atoms with van der Waals surface area (Å²) in [6.45, 7) is 7.92. The smallest absolute Gasteiger partial charge is 0.144 e. The molecule has 4 heteroatoms. The number of nitrogen functional groups attached to an aromatic ring is 1. The van der Waals surface area contributed by atoms with Gasteiger partial charge in [-0.15, -0.1) is 0 Å². The molecule has 1 heterocycles. The molecule has 0 aliphatic carbocycles. The molecule has 24 heavy (non-hydrogen) atoms. The van der Waals surface area contributed by atoms with E-state index in [0.717, 1.165) is 56.3 Å². The van der Waals surface area contributed by atoms with Gasteiger partial charge >= 0.3 is 0 Å². The average Bonchev–Trinajstić information content (AvgIpc) is 2.63. The lowest BCUT2D eigenvalue weighted by atomic mass is 10.1. The quantitative estimate of drug-likeness (QED) is 0.827. The standard InChI is InChI=1S/C20H27N3O/c1-2-15-24-19-10-6-9-18(20(19)21)23-13-11-22(12-14-23)16-17-7-4-3-5-8-17/h3-10H,2,11-16,21H2,1H3. The number of rotatable bonds is 6. The number of piperazine rings is 1. The van der Waals surface area contributed by atoms with Gasteiger partial charge in [0.1, 0.15) is 5.75 Å². The van der Waals surface area contributed by atoms with Gasteiger partial charge in [0.25, 0.3) is 0 Å². The predicted octanol–water partition coefficient (Wildman–Crippen LogP) is 3.38. The molecule has 2 N–H and O–H groups in total. The Morgan fingerprint density at radius 1 is 0.958 bits per heavy atom. The first-order valence-electron chi connectivity index (χ1n) is 8.80. The third-order valence-electron chi connectivity index (χ3n) is 4.47. The highest BCUT2D eigenvalue weighted by molar-refractivity contribution is 5.74. The van der Waals surface area contributed by atoms with Gasteiger partial charge in [-0.1, -0.05) is 43.3 Å². The van der Waals surface area contributed by atoms with Crippen molar-refractivity contribution >= 4 is 11.4 Å². The van der Waals surface area contributed by atoms with Crippen LogP contribution in [0.4, 0.5) is 11.4 Å². The second-order valence-corrected chi connectivity index (χ2v) is 6.29. The molecule has 0 amide bonds. The van der Waals surface area contributed by atoms with E-state index >= 15 is 0 Å². The summed E-state index contributed by atoms with van der Waals surface area (Å²) in [5.74, 6) is 0.807. The number of nitrogens with two attached hydrogens (primary N) is 1. The van der Waals surface area contributed by atoms with E-state index in [1.165, 1.54) is 5.56 Å². The minimum atomic E-state index is 0.707. The van der Waals surface area contributed by atoms with Gasteiger partial charge in [0.2, 0.25) is 0 Å². The second kappa shape index (κ2) is 8.06. The van der Waals surface area contributed by atoms with Crippen LogP contribution in [0.1, 0.15) is 18.9 Å². The maximum atomic E-state index is 6.33. The highest BCUT2D eigenvalue weighted by Crippen LogP contribution is 2.33. The number of hydrogen-bond donors (Lipinski definition) is 1. The van der Waals surface area contributed by atoms with Crippen LogP contribution < -0.4 is 15.4 Å². The van der Waals surface area contributed by atoms with Gasteiger partial charge in [0.15, 0.2) is 0 Å². The monoisotopic (exact) mass is 325 g/mol. The molecule has 1 aliphatic rings. The molecular weight excluding hydrogens is 298 g/mol. The SMILES string of the molecule is CCCOc1cccc(N2CCN(Cc3ccccc3)CC2)c1N. The van der Waals surface area contributed by atoms with Crippen molar-refractivity contribution in [2.45, 2.75) is 19.9 Å². The molecule has 0 unspecified atom stereocenters. The van der Waals surface area contributed by atoms with Crippen LogP contribution in [0.15, 0.2) is 48.5 Å². The van der Waals surface area contributed by atoms with Crippen LogP contribution in [-0.2, 0) is 6.54 Å². The van der Waals surface area contributed by atoms with E-state index in [9.17, 15) is 0 Å². The van der Waals surface area contributed by atoms with Crippen LogP contribution in [0, 0.1) is 0 Å². The number of nitrogens with zero attached hydrogens (tertiary/aromatic N) is 2. The maximum absolute atomic E-state index is 6.33. The summed E-state index contributed by atoms with van der Waals surface area (Å²) in [4.78, 5) is 4.87. The highest BCUT2D eigenvalue weighted by atomic mass is 16.5. The van der Waals surface area contributed by atoms with Crippen molar-refractivity contribution in [3.05, 3.63) is 54.1 Å². The molecule has 1 aliphatic heterocycles. The predicted molar refractivity (Wildman–Crippen MR) is 101 cm³/mol. The molecule has 0 atom stereocenters. The zero-order valence-electron chi connectivity index (χ0n) is 14.4. The Bertz CT molecular complexity index is 637. The molecule has 1 fully saturated rings. The zero-order chi connectivity index (χ0) is 16.8. The Hall–Kier alpha value is -2.20. The van der Waals surface area contributed by atoms with Gasteiger partial charge in [0.05, 0.1) is 18.0 Å². The minimum absolute atomic E-state index is 0.707. The Balaban J connectivity index is 1.60. The molecule has 0 aromatic heterocycles. The van der Waals surface area contributed by atoms with Gasteiger partial charge < -0.3 is 15.4 Å². The first-order chi connectivity index (χ1) is 11.8.